The molecule has 2 N–H and O–H groups in total. The number of nitrogens with zero attached hydrogens (tertiary/aromatic N) is 2. The van der Waals surface area contributed by atoms with Gasteiger partial charge in [-0.3, -0.25) is 14.7 Å². The molecule has 0 saturated heterocycles. The number of hydrogen-bond acceptors (Lipinski definition) is 4. The Labute approximate surface area is 116 Å². The van der Waals surface area contributed by atoms with Crippen molar-refractivity contribution in [2.75, 3.05) is 18.8 Å². The predicted octanol–water partition coefficient (Wildman–Crippen LogP) is 2.75. The van der Waals surface area contributed by atoms with Crippen LogP contribution in [0, 0.1) is 0 Å². The highest BCUT2D eigenvalue weighted by atomic mass is 16.1. The van der Waals surface area contributed by atoms with E-state index in [1.807, 2.05) is 0 Å². The minimum Gasteiger partial charge on any atom is -0.398 e. The molecule has 1 rings (SSSR count). The largest absolute Gasteiger partial charge is 0.398 e. The molecule has 4 heteroatoms. The number of rotatable bonds is 7. The van der Waals surface area contributed by atoms with Crippen LogP contribution < -0.4 is 5.73 Å². The first-order chi connectivity index (χ1) is 9.07. The smallest absolute Gasteiger partial charge is 0.186 e. The fraction of sp³-hybridized carbons (Fsp3) is 0.600. The summed E-state index contributed by atoms with van der Waals surface area (Å²) in [5.41, 5.74) is 6.51. The first kappa shape index (κ1) is 15.6. The van der Waals surface area contributed by atoms with Gasteiger partial charge in [0.05, 0.1) is 11.1 Å². The van der Waals surface area contributed by atoms with Crippen molar-refractivity contribution in [3.8, 4) is 0 Å². The Morgan fingerprint density at radius 2 is 1.84 bits per heavy atom. The van der Waals surface area contributed by atoms with Crippen molar-refractivity contribution in [2.45, 2.75) is 46.1 Å². The number of pyridine rings is 1. The summed E-state index contributed by atoms with van der Waals surface area (Å²) >= 11 is 0. The van der Waals surface area contributed by atoms with E-state index in [1.54, 1.807) is 18.5 Å². The van der Waals surface area contributed by atoms with Crippen LogP contribution in [0.15, 0.2) is 18.5 Å². The molecule has 1 aromatic rings. The molecule has 0 saturated carbocycles. The lowest BCUT2D eigenvalue weighted by molar-refractivity contribution is 0.0535. The van der Waals surface area contributed by atoms with E-state index in [-0.39, 0.29) is 5.78 Å². The van der Waals surface area contributed by atoms with E-state index >= 15 is 0 Å². The number of likely N-dealkylation sites (N-methyl/N-ethyl adjacent to an activating group) is 1. The number of carbonyl (C=O) groups excluding carboxylic acids is 1. The maximum Gasteiger partial charge on any atom is 0.186 e. The zero-order valence-corrected chi connectivity index (χ0v) is 12.4. The van der Waals surface area contributed by atoms with Crippen LogP contribution in [0.3, 0.4) is 0 Å². The molecular weight excluding hydrogens is 238 g/mol. The molecule has 0 aliphatic rings. The summed E-state index contributed by atoms with van der Waals surface area (Å²) in [5, 5.41) is 0. The van der Waals surface area contributed by atoms with Crippen molar-refractivity contribution in [3.63, 3.8) is 0 Å². The van der Waals surface area contributed by atoms with Crippen LogP contribution in [0.5, 0.6) is 0 Å². The lowest BCUT2D eigenvalue weighted by Gasteiger charge is -2.41. The van der Waals surface area contributed by atoms with Gasteiger partial charge in [-0.05, 0) is 32.0 Å². The monoisotopic (exact) mass is 263 g/mol. The maximum absolute atomic E-state index is 12.9. The molecule has 0 atom stereocenters. The Bertz CT molecular complexity index is 423. The molecule has 0 bridgehead atoms. The van der Waals surface area contributed by atoms with Gasteiger partial charge in [-0.25, -0.2) is 0 Å². The number of carbonyl (C=O) groups is 1. The van der Waals surface area contributed by atoms with E-state index < -0.39 is 5.54 Å². The van der Waals surface area contributed by atoms with Crippen molar-refractivity contribution >= 4 is 11.5 Å². The van der Waals surface area contributed by atoms with Crippen LogP contribution in [-0.2, 0) is 0 Å². The molecule has 0 aromatic carbocycles. The van der Waals surface area contributed by atoms with Gasteiger partial charge in [0.2, 0.25) is 0 Å². The molecule has 0 aliphatic carbocycles. The number of ketones is 1. The fourth-order valence-corrected chi connectivity index (χ4v) is 2.84. The topological polar surface area (TPSA) is 59.2 Å². The molecule has 0 radical (unpaired) electrons. The quantitative estimate of drug-likeness (QED) is 0.768. The average Bonchev–Trinajstić information content (AvgIpc) is 2.44. The Morgan fingerprint density at radius 1 is 1.26 bits per heavy atom. The van der Waals surface area contributed by atoms with E-state index in [0.717, 1.165) is 25.9 Å². The second-order valence-electron chi connectivity index (χ2n) is 4.70. The van der Waals surface area contributed by atoms with Gasteiger partial charge in [0.15, 0.2) is 5.78 Å². The number of aromatic nitrogens is 1. The van der Waals surface area contributed by atoms with Crippen molar-refractivity contribution in [3.05, 3.63) is 24.0 Å². The van der Waals surface area contributed by atoms with Crippen LogP contribution in [-0.4, -0.2) is 34.3 Å². The summed E-state index contributed by atoms with van der Waals surface area (Å²) in [6.07, 6.45) is 4.75. The lowest BCUT2D eigenvalue weighted by atomic mass is 9.82. The van der Waals surface area contributed by atoms with Crippen LogP contribution in [0.1, 0.15) is 50.9 Å². The van der Waals surface area contributed by atoms with Gasteiger partial charge < -0.3 is 5.73 Å². The molecule has 4 nitrogen and oxygen atoms in total. The third-order valence-corrected chi connectivity index (χ3v) is 4.06. The number of nitrogen functional groups attached to an aromatic ring is 1. The van der Waals surface area contributed by atoms with Crippen LogP contribution in [0.2, 0.25) is 0 Å². The summed E-state index contributed by atoms with van der Waals surface area (Å²) in [5.74, 6) is 0.0896. The normalized spacial score (nSPS) is 11.8. The van der Waals surface area contributed by atoms with E-state index in [1.165, 1.54) is 0 Å². The number of Topliss-reactive ketones (excluding diaryl/α,β-unsaturated/α-hetero) is 1. The minimum atomic E-state index is -0.472. The summed E-state index contributed by atoms with van der Waals surface area (Å²) in [6, 6.07) is 1.69. The second-order valence-corrected chi connectivity index (χ2v) is 4.70. The molecule has 0 amide bonds. The van der Waals surface area contributed by atoms with Crippen molar-refractivity contribution in [1.29, 1.82) is 0 Å². The summed E-state index contributed by atoms with van der Waals surface area (Å²) in [7, 11) is 0. The third-order valence-electron chi connectivity index (χ3n) is 4.06. The van der Waals surface area contributed by atoms with E-state index in [9.17, 15) is 4.79 Å². The Kier molecular flexibility index (Phi) is 5.48. The first-order valence-electron chi connectivity index (χ1n) is 7.06. The molecule has 19 heavy (non-hydrogen) atoms. The molecule has 0 unspecified atom stereocenters. The van der Waals surface area contributed by atoms with Gasteiger partial charge in [-0.15, -0.1) is 0 Å². The van der Waals surface area contributed by atoms with Gasteiger partial charge in [0, 0.05) is 18.1 Å². The van der Waals surface area contributed by atoms with E-state index in [0.29, 0.717) is 11.3 Å². The molecular formula is C15H25N3O. The van der Waals surface area contributed by atoms with Gasteiger partial charge in [-0.1, -0.05) is 27.7 Å². The number of anilines is 1. The van der Waals surface area contributed by atoms with Crippen molar-refractivity contribution < 1.29 is 4.79 Å². The summed E-state index contributed by atoms with van der Waals surface area (Å²) in [6.45, 7) is 10.00. The lowest BCUT2D eigenvalue weighted by Crippen LogP contribution is -2.54. The molecule has 0 aliphatic heterocycles. The highest BCUT2D eigenvalue weighted by Crippen LogP contribution is 2.30. The highest BCUT2D eigenvalue weighted by molar-refractivity contribution is 6.06. The Balaban J connectivity index is 3.26. The standard InChI is InChI=1S/C15H25N3O/c1-5-15(6-2,18(7-3)8-4)14(19)12-11-17-10-9-13(12)16/h9-11H,5-8H2,1-4H3,(H2,16,17). The van der Waals surface area contributed by atoms with Crippen LogP contribution in [0.4, 0.5) is 5.69 Å². The zero-order chi connectivity index (χ0) is 14.5. The third kappa shape index (κ3) is 2.78. The Hall–Kier alpha value is -1.42. The predicted molar refractivity (Wildman–Crippen MR) is 79.2 cm³/mol. The molecule has 1 heterocycles. The van der Waals surface area contributed by atoms with Crippen LogP contribution >= 0.6 is 0 Å². The van der Waals surface area contributed by atoms with Gasteiger partial charge in [0.25, 0.3) is 0 Å². The summed E-state index contributed by atoms with van der Waals surface area (Å²) < 4.78 is 0. The van der Waals surface area contributed by atoms with Gasteiger partial charge in [-0.2, -0.15) is 0 Å². The molecule has 0 fully saturated rings. The van der Waals surface area contributed by atoms with Crippen LogP contribution in [0.25, 0.3) is 0 Å². The minimum absolute atomic E-state index is 0.0896. The molecule has 106 valence electrons. The first-order valence-corrected chi connectivity index (χ1v) is 7.06. The average molecular weight is 263 g/mol. The van der Waals surface area contributed by atoms with Gasteiger partial charge >= 0.3 is 0 Å². The van der Waals surface area contributed by atoms with Gasteiger partial charge in [0.1, 0.15) is 0 Å². The molecule has 1 aromatic heterocycles. The van der Waals surface area contributed by atoms with E-state index in [2.05, 4.69) is 37.6 Å². The molecule has 0 spiro atoms. The highest BCUT2D eigenvalue weighted by Gasteiger charge is 2.40. The summed E-state index contributed by atoms with van der Waals surface area (Å²) in [4.78, 5) is 19.2. The Morgan fingerprint density at radius 3 is 2.26 bits per heavy atom. The number of hydrogen-bond donors (Lipinski definition) is 1. The van der Waals surface area contributed by atoms with Crippen molar-refractivity contribution in [2.24, 2.45) is 0 Å². The zero-order valence-electron chi connectivity index (χ0n) is 12.4. The number of nitrogens with two attached hydrogens (primary N) is 1. The second kappa shape index (κ2) is 6.66. The van der Waals surface area contributed by atoms with Crippen molar-refractivity contribution in [1.82, 2.24) is 9.88 Å². The van der Waals surface area contributed by atoms with E-state index in [4.69, 9.17) is 5.73 Å². The fourth-order valence-electron chi connectivity index (χ4n) is 2.84. The SMILES string of the molecule is CCN(CC)C(CC)(CC)C(=O)c1cnccc1N. The maximum atomic E-state index is 12.9.